The van der Waals surface area contributed by atoms with Crippen molar-refractivity contribution in [2.75, 3.05) is 13.2 Å². The molecular weight excluding hydrogens is 338 g/mol. The summed E-state index contributed by atoms with van der Waals surface area (Å²) in [7, 11) is 0. The predicted octanol–water partition coefficient (Wildman–Crippen LogP) is 1.38. The Morgan fingerprint density at radius 1 is 1.33 bits per heavy atom. The Kier molecular flexibility index (Phi) is 5.08. The number of alkyl carbamates (subject to hydrolysis) is 1. The smallest absolute Gasteiger partial charge is 0.413 e. The van der Waals surface area contributed by atoms with Gasteiger partial charge in [0, 0.05) is 10.6 Å². The molecule has 128 valence electrons. The van der Waals surface area contributed by atoms with Gasteiger partial charge < -0.3 is 10.1 Å². The first kappa shape index (κ1) is 17.7. The number of hydrogen-bond acceptors (Lipinski definition) is 5. The van der Waals surface area contributed by atoms with Crippen LogP contribution in [-0.2, 0) is 19.9 Å². The average Bonchev–Trinajstić information content (AvgIpc) is 2.72. The molecule has 24 heavy (non-hydrogen) atoms. The molecule has 1 saturated heterocycles. The Morgan fingerprint density at radius 3 is 2.62 bits per heavy atom. The lowest BCUT2D eigenvalue weighted by Gasteiger charge is -2.23. The van der Waals surface area contributed by atoms with Gasteiger partial charge in [0.1, 0.15) is 12.1 Å². The molecule has 0 aliphatic carbocycles. The molecule has 1 atom stereocenters. The molecule has 1 aliphatic heterocycles. The summed E-state index contributed by atoms with van der Waals surface area (Å²) in [5, 5.41) is 4.77. The lowest BCUT2D eigenvalue weighted by atomic mass is 9.92. The van der Waals surface area contributed by atoms with Crippen molar-refractivity contribution < 1.29 is 23.9 Å². The van der Waals surface area contributed by atoms with E-state index in [1.165, 1.54) is 6.92 Å². The molecule has 1 aromatic rings. The zero-order valence-electron chi connectivity index (χ0n) is 13.1. The number of benzene rings is 1. The third kappa shape index (κ3) is 3.33. The molecule has 9 heteroatoms. The second kappa shape index (κ2) is 6.88. The number of nitrogens with one attached hydrogen (secondary N) is 2. The highest BCUT2D eigenvalue weighted by atomic mass is 35.5. The van der Waals surface area contributed by atoms with Crippen molar-refractivity contribution >= 4 is 35.5 Å². The second-order valence-electron chi connectivity index (χ2n) is 5.19. The summed E-state index contributed by atoms with van der Waals surface area (Å²) in [6, 6.07) is 5.84. The van der Waals surface area contributed by atoms with Crippen LogP contribution in [0.5, 0.6) is 0 Å². The van der Waals surface area contributed by atoms with Crippen LogP contribution < -0.4 is 10.6 Å². The average molecular weight is 354 g/mol. The molecular formula is C15H16ClN3O5. The van der Waals surface area contributed by atoms with Crippen LogP contribution >= 0.6 is 11.6 Å². The van der Waals surface area contributed by atoms with E-state index in [2.05, 4.69) is 10.1 Å². The molecule has 0 saturated carbocycles. The fourth-order valence-corrected chi connectivity index (χ4v) is 2.68. The zero-order valence-corrected chi connectivity index (χ0v) is 13.8. The van der Waals surface area contributed by atoms with Gasteiger partial charge in [0.2, 0.25) is 5.91 Å². The highest BCUT2D eigenvalue weighted by Gasteiger charge is 2.50. The minimum Gasteiger partial charge on any atom is -0.450 e. The van der Waals surface area contributed by atoms with E-state index in [9.17, 15) is 19.2 Å². The van der Waals surface area contributed by atoms with Crippen LogP contribution in [0.4, 0.5) is 9.59 Å². The molecule has 1 aliphatic rings. The third-order valence-electron chi connectivity index (χ3n) is 3.51. The molecule has 2 rings (SSSR count). The summed E-state index contributed by atoms with van der Waals surface area (Å²) in [5.74, 6) is -1.47. The number of nitrogens with zero attached hydrogens (tertiary/aromatic N) is 1. The monoisotopic (exact) mass is 353 g/mol. The van der Waals surface area contributed by atoms with E-state index in [1.54, 1.807) is 31.2 Å². The van der Waals surface area contributed by atoms with Crippen LogP contribution in [-0.4, -0.2) is 42.0 Å². The minimum atomic E-state index is -1.39. The number of halogens is 1. The van der Waals surface area contributed by atoms with Crippen molar-refractivity contribution in [3.05, 3.63) is 34.9 Å². The van der Waals surface area contributed by atoms with Crippen LogP contribution in [0, 0.1) is 0 Å². The molecule has 0 aromatic heterocycles. The van der Waals surface area contributed by atoms with Gasteiger partial charge in [-0.3, -0.25) is 19.8 Å². The summed E-state index contributed by atoms with van der Waals surface area (Å²) < 4.78 is 4.56. The van der Waals surface area contributed by atoms with Crippen LogP contribution in [0.3, 0.4) is 0 Å². The van der Waals surface area contributed by atoms with Gasteiger partial charge in [0.05, 0.1) is 6.61 Å². The highest BCUT2D eigenvalue weighted by molar-refractivity contribution is 6.32. The number of carbonyl (C=O) groups excluding carboxylic acids is 4. The number of imide groups is 2. The highest BCUT2D eigenvalue weighted by Crippen LogP contribution is 2.33. The fourth-order valence-electron chi connectivity index (χ4n) is 2.35. The quantitative estimate of drug-likeness (QED) is 0.796. The number of carbonyl (C=O) groups is 4. The summed E-state index contributed by atoms with van der Waals surface area (Å²) in [6.07, 6.45) is -0.941. The van der Waals surface area contributed by atoms with Crippen molar-refractivity contribution in [2.24, 2.45) is 0 Å². The lowest BCUT2D eigenvalue weighted by molar-refractivity contribution is -0.134. The van der Waals surface area contributed by atoms with E-state index in [0.717, 1.165) is 4.90 Å². The Bertz CT molecular complexity index is 708. The molecule has 0 unspecified atom stereocenters. The topological polar surface area (TPSA) is 105 Å². The van der Waals surface area contributed by atoms with Crippen molar-refractivity contribution in [3.8, 4) is 0 Å². The number of hydrogen-bond donors (Lipinski definition) is 2. The Morgan fingerprint density at radius 2 is 2.00 bits per heavy atom. The fraction of sp³-hybridized carbons (Fsp3) is 0.333. The SMILES string of the molecule is CCOC(=O)NC(=O)CN1C(=O)N[C@@](C)(c2ccccc2Cl)C1=O. The summed E-state index contributed by atoms with van der Waals surface area (Å²) in [5.41, 5.74) is -0.974. The van der Waals surface area contributed by atoms with Gasteiger partial charge in [0.15, 0.2) is 0 Å². The predicted molar refractivity (Wildman–Crippen MR) is 84.2 cm³/mol. The number of rotatable bonds is 4. The first-order valence-corrected chi connectivity index (χ1v) is 7.53. The molecule has 1 heterocycles. The van der Waals surface area contributed by atoms with Crippen LogP contribution in [0.1, 0.15) is 19.4 Å². The maximum absolute atomic E-state index is 12.6. The first-order chi connectivity index (χ1) is 11.3. The van der Waals surface area contributed by atoms with Crippen molar-refractivity contribution in [1.29, 1.82) is 0 Å². The van der Waals surface area contributed by atoms with Gasteiger partial charge in [-0.25, -0.2) is 9.59 Å². The van der Waals surface area contributed by atoms with Crippen molar-refractivity contribution in [1.82, 2.24) is 15.5 Å². The van der Waals surface area contributed by atoms with Crippen LogP contribution in [0.25, 0.3) is 0 Å². The summed E-state index contributed by atoms with van der Waals surface area (Å²) >= 11 is 6.10. The van der Waals surface area contributed by atoms with Gasteiger partial charge in [-0.05, 0) is 19.9 Å². The minimum absolute atomic E-state index is 0.0901. The van der Waals surface area contributed by atoms with E-state index < -0.39 is 36.0 Å². The van der Waals surface area contributed by atoms with E-state index >= 15 is 0 Å². The second-order valence-corrected chi connectivity index (χ2v) is 5.60. The third-order valence-corrected chi connectivity index (χ3v) is 3.84. The summed E-state index contributed by atoms with van der Waals surface area (Å²) in [4.78, 5) is 48.4. The van der Waals surface area contributed by atoms with Crippen molar-refractivity contribution in [2.45, 2.75) is 19.4 Å². The molecule has 2 N–H and O–H groups in total. The molecule has 1 aromatic carbocycles. The summed E-state index contributed by atoms with van der Waals surface area (Å²) in [6.45, 7) is 2.56. The number of ether oxygens (including phenoxy) is 1. The van der Waals surface area contributed by atoms with Gasteiger partial charge in [-0.15, -0.1) is 0 Å². The van der Waals surface area contributed by atoms with E-state index in [-0.39, 0.29) is 6.61 Å². The van der Waals surface area contributed by atoms with Gasteiger partial charge in [0.25, 0.3) is 5.91 Å². The van der Waals surface area contributed by atoms with Crippen molar-refractivity contribution in [3.63, 3.8) is 0 Å². The number of urea groups is 1. The Labute approximate surface area is 143 Å². The molecule has 0 spiro atoms. The normalized spacial score (nSPS) is 19.9. The Hall–Kier alpha value is -2.61. The maximum atomic E-state index is 12.6. The van der Waals surface area contributed by atoms with Gasteiger partial charge >= 0.3 is 12.1 Å². The maximum Gasteiger partial charge on any atom is 0.413 e. The zero-order chi connectivity index (χ0) is 17.9. The Balaban J connectivity index is 2.16. The van der Waals surface area contributed by atoms with Crippen LogP contribution in [0.15, 0.2) is 24.3 Å². The van der Waals surface area contributed by atoms with E-state index in [1.807, 2.05) is 5.32 Å². The van der Waals surface area contributed by atoms with Gasteiger partial charge in [-0.1, -0.05) is 29.8 Å². The molecule has 8 nitrogen and oxygen atoms in total. The molecule has 0 bridgehead atoms. The van der Waals surface area contributed by atoms with E-state index in [4.69, 9.17) is 11.6 Å². The first-order valence-electron chi connectivity index (χ1n) is 7.15. The molecule has 0 radical (unpaired) electrons. The van der Waals surface area contributed by atoms with Crippen LogP contribution in [0.2, 0.25) is 5.02 Å². The standard InChI is InChI=1S/C15H16ClN3O5/c1-3-24-14(23)17-11(20)8-19-12(21)15(2,18-13(19)22)9-6-4-5-7-10(9)16/h4-7H,3,8H2,1-2H3,(H,18,22)(H,17,20,23)/t15-/m0/s1. The largest absolute Gasteiger partial charge is 0.450 e. The molecule has 1 fully saturated rings. The number of amides is 5. The molecule has 5 amide bonds. The lowest BCUT2D eigenvalue weighted by Crippen LogP contribution is -2.44. The van der Waals surface area contributed by atoms with E-state index in [0.29, 0.717) is 10.6 Å². The van der Waals surface area contributed by atoms with Gasteiger partial charge in [-0.2, -0.15) is 0 Å².